The highest BCUT2D eigenvalue weighted by molar-refractivity contribution is 9.10. The van der Waals surface area contributed by atoms with Gasteiger partial charge in [-0.05, 0) is 97.2 Å². The van der Waals surface area contributed by atoms with Crippen molar-refractivity contribution in [1.29, 1.82) is 0 Å². The number of carbonyl (C=O) groups excluding carboxylic acids is 2. The minimum atomic E-state index is -0.742. The summed E-state index contributed by atoms with van der Waals surface area (Å²) < 4.78 is 20.4. The van der Waals surface area contributed by atoms with Gasteiger partial charge in [-0.3, -0.25) is 9.36 Å². The molecule has 0 saturated carbocycles. The Morgan fingerprint density at radius 3 is 2.51 bits per heavy atom. The molecule has 3 heterocycles. The Morgan fingerprint density at radius 2 is 1.84 bits per heavy atom. The third kappa shape index (κ3) is 5.50. The molecule has 1 aliphatic heterocycles. The number of carbonyl (C=O) groups is 2. The van der Waals surface area contributed by atoms with Crippen molar-refractivity contribution in [1.82, 2.24) is 9.13 Å². The fourth-order valence-corrected chi connectivity index (χ4v) is 6.92. The molecule has 11 heteroatoms. The molecule has 0 saturated heterocycles. The van der Waals surface area contributed by atoms with Crippen LogP contribution in [-0.4, -0.2) is 41.9 Å². The molecule has 1 aliphatic rings. The van der Waals surface area contributed by atoms with Crippen LogP contribution < -0.4 is 19.6 Å². The molecule has 43 heavy (non-hydrogen) atoms. The van der Waals surface area contributed by atoms with Crippen LogP contribution in [0.3, 0.4) is 0 Å². The van der Waals surface area contributed by atoms with Crippen molar-refractivity contribution in [2.24, 2.45) is 4.99 Å². The molecule has 1 atom stereocenters. The SMILES string of the molecule is CCOC(=O)C1=C(C)N=c2s/c(=C/c3cc(C)n(-c4cccc(C(=O)OC)c4)c3C)c(=O)n2[C@H]1c1ccc(OC)c(Br)c1. The average Bonchev–Trinajstić information content (AvgIpc) is 3.45. The van der Waals surface area contributed by atoms with Gasteiger partial charge in [0, 0.05) is 17.1 Å². The number of ether oxygens (including phenoxy) is 3. The Labute approximate surface area is 260 Å². The third-order valence-electron chi connectivity index (χ3n) is 7.29. The number of aromatic nitrogens is 2. The zero-order valence-corrected chi connectivity index (χ0v) is 27.0. The van der Waals surface area contributed by atoms with Gasteiger partial charge in [-0.1, -0.05) is 23.5 Å². The summed E-state index contributed by atoms with van der Waals surface area (Å²) in [5.41, 5.74) is 5.15. The van der Waals surface area contributed by atoms with Crippen LogP contribution >= 0.6 is 27.3 Å². The summed E-state index contributed by atoms with van der Waals surface area (Å²) in [5.74, 6) is -0.309. The first-order valence-corrected chi connectivity index (χ1v) is 15.1. The monoisotopic (exact) mass is 663 g/mol. The number of aryl methyl sites for hydroxylation is 1. The first-order valence-electron chi connectivity index (χ1n) is 13.5. The predicted octanol–water partition coefficient (Wildman–Crippen LogP) is 4.76. The van der Waals surface area contributed by atoms with Crippen molar-refractivity contribution in [2.45, 2.75) is 33.7 Å². The van der Waals surface area contributed by atoms with E-state index in [2.05, 4.69) is 20.9 Å². The van der Waals surface area contributed by atoms with Crippen LogP contribution in [0.2, 0.25) is 0 Å². The summed E-state index contributed by atoms with van der Waals surface area (Å²) in [5, 5.41) is 0. The predicted molar refractivity (Wildman–Crippen MR) is 168 cm³/mol. The maximum atomic E-state index is 14.1. The molecular weight excluding hydrogens is 634 g/mol. The van der Waals surface area contributed by atoms with Crippen LogP contribution in [-0.2, 0) is 14.3 Å². The first kappa shape index (κ1) is 30.2. The molecule has 0 amide bonds. The molecular formula is C32H30BrN3O6S. The number of rotatable bonds is 7. The number of methoxy groups -OCH3 is 2. The lowest BCUT2D eigenvalue weighted by Crippen LogP contribution is -2.40. The maximum absolute atomic E-state index is 14.1. The normalized spacial score (nSPS) is 14.8. The van der Waals surface area contributed by atoms with Gasteiger partial charge >= 0.3 is 11.9 Å². The number of esters is 2. The van der Waals surface area contributed by atoms with E-state index in [0.717, 1.165) is 22.6 Å². The molecule has 0 unspecified atom stereocenters. The molecule has 0 spiro atoms. The zero-order chi connectivity index (χ0) is 31.0. The Bertz CT molecular complexity index is 1980. The van der Waals surface area contributed by atoms with Gasteiger partial charge in [0.15, 0.2) is 4.80 Å². The van der Waals surface area contributed by atoms with Crippen molar-refractivity contribution in [3.63, 3.8) is 0 Å². The number of fused-ring (bicyclic) bond motifs is 1. The zero-order valence-electron chi connectivity index (χ0n) is 24.6. The number of nitrogens with zero attached hydrogens (tertiary/aromatic N) is 3. The van der Waals surface area contributed by atoms with Crippen molar-refractivity contribution >= 4 is 45.3 Å². The number of hydrogen-bond donors (Lipinski definition) is 0. The van der Waals surface area contributed by atoms with Crippen LogP contribution in [0.25, 0.3) is 11.8 Å². The van der Waals surface area contributed by atoms with E-state index in [-0.39, 0.29) is 12.2 Å². The molecule has 2 aromatic heterocycles. The Hall–Kier alpha value is -4.22. The van der Waals surface area contributed by atoms with Crippen LogP contribution in [0, 0.1) is 13.8 Å². The number of halogens is 1. The summed E-state index contributed by atoms with van der Waals surface area (Å²) in [4.78, 5) is 44.6. The van der Waals surface area contributed by atoms with Crippen LogP contribution in [0.5, 0.6) is 5.75 Å². The molecule has 0 N–H and O–H groups in total. The van der Waals surface area contributed by atoms with Crippen LogP contribution in [0.1, 0.15) is 52.8 Å². The van der Waals surface area contributed by atoms with Gasteiger partial charge in [0.2, 0.25) is 0 Å². The highest BCUT2D eigenvalue weighted by Gasteiger charge is 2.33. The molecule has 0 fully saturated rings. The van der Waals surface area contributed by atoms with Crippen LogP contribution in [0.15, 0.2) is 74.1 Å². The lowest BCUT2D eigenvalue weighted by atomic mass is 9.96. The maximum Gasteiger partial charge on any atom is 0.338 e. The highest BCUT2D eigenvalue weighted by atomic mass is 79.9. The molecule has 4 aromatic rings. The summed E-state index contributed by atoms with van der Waals surface area (Å²) in [7, 11) is 2.92. The average molecular weight is 665 g/mol. The van der Waals surface area contributed by atoms with E-state index < -0.39 is 18.0 Å². The van der Waals surface area contributed by atoms with Gasteiger partial charge < -0.3 is 18.8 Å². The second-order valence-corrected chi connectivity index (χ2v) is 11.8. The number of allylic oxidation sites excluding steroid dienone is 1. The molecule has 0 bridgehead atoms. The summed E-state index contributed by atoms with van der Waals surface area (Å²) in [6.45, 7) is 7.61. The number of benzene rings is 2. The molecule has 0 aliphatic carbocycles. The van der Waals surface area contributed by atoms with E-state index >= 15 is 0 Å². The Kier molecular flexibility index (Phi) is 8.57. The third-order valence-corrected chi connectivity index (χ3v) is 8.89. The summed E-state index contributed by atoms with van der Waals surface area (Å²) in [6, 6.07) is 13.9. The van der Waals surface area contributed by atoms with E-state index in [1.165, 1.54) is 18.4 Å². The summed E-state index contributed by atoms with van der Waals surface area (Å²) in [6.07, 6.45) is 1.84. The Balaban J connectivity index is 1.67. The van der Waals surface area contributed by atoms with Crippen molar-refractivity contribution in [3.05, 3.63) is 112 Å². The van der Waals surface area contributed by atoms with E-state index in [1.54, 1.807) is 49.8 Å². The van der Waals surface area contributed by atoms with Crippen molar-refractivity contribution in [3.8, 4) is 11.4 Å². The topological polar surface area (TPSA) is 101 Å². The smallest absolute Gasteiger partial charge is 0.338 e. The second kappa shape index (κ2) is 12.2. The number of thiazole rings is 1. The quantitative estimate of drug-likeness (QED) is 0.264. The van der Waals surface area contributed by atoms with Crippen molar-refractivity contribution < 1.29 is 23.8 Å². The standard InChI is InChI=1S/C32H30BrN3O6S/c1-7-42-31(39)27-18(3)34-32-36(28(27)20-11-12-25(40-5)24(33)15-20)29(37)26(43-32)16-22-13-17(2)35(19(22)4)23-10-8-9-21(14-23)30(38)41-6/h8-16,28H,7H2,1-6H3/b26-16+/t28-/m0/s1. The lowest BCUT2D eigenvalue weighted by Gasteiger charge is -2.25. The fourth-order valence-electron chi connectivity index (χ4n) is 5.32. The van der Waals surface area contributed by atoms with Gasteiger partial charge in [-0.15, -0.1) is 0 Å². The van der Waals surface area contributed by atoms with Gasteiger partial charge in [0.25, 0.3) is 5.56 Å². The van der Waals surface area contributed by atoms with E-state index in [9.17, 15) is 14.4 Å². The van der Waals surface area contributed by atoms with Crippen molar-refractivity contribution in [2.75, 3.05) is 20.8 Å². The van der Waals surface area contributed by atoms with Gasteiger partial charge in [-0.25, -0.2) is 14.6 Å². The molecule has 5 rings (SSSR count). The Morgan fingerprint density at radius 1 is 1.07 bits per heavy atom. The molecule has 0 radical (unpaired) electrons. The van der Waals surface area contributed by atoms with E-state index in [1.807, 2.05) is 48.8 Å². The largest absolute Gasteiger partial charge is 0.496 e. The van der Waals surface area contributed by atoms with Gasteiger partial charge in [-0.2, -0.15) is 0 Å². The number of hydrogen-bond acceptors (Lipinski definition) is 8. The van der Waals surface area contributed by atoms with Gasteiger partial charge in [0.1, 0.15) is 5.75 Å². The molecule has 2 aromatic carbocycles. The first-order chi connectivity index (χ1) is 20.6. The lowest BCUT2D eigenvalue weighted by molar-refractivity contribution is -0.139. The van der Waals surface area contributed by atoms with Crippen LogP contribution in [0.4, 0.5) is 0 Å². The molecule has 222 valence electrons. The van der Waals surface area contributed by atoms with E-state index in [4.69, 9.17) is 14.2 Å². The minimum Gasteiger partial charge on any atom is -0.496 e. The minimum absolute atomic E-state index is 0.192. The second-order valence-electron chi connectivity index (χ2n) is 9.90. The highest BCUT2D eigenvalue weighted by Crippen LogP contribution is 2.35. The fraction of sp³-hybridized carbons (Fsp3) is 0.250. The molecule has 9 nitrogen and oxygen atoms in total. The van der Waals surface area contributed by atoms with E-state index in [0.29, 0.717) is 42.0 Å². The van der Waals surface area contributed by atoms with Gasteiger partial charge in [0.05, 0.1) is 52.7 Å². The summed E-state index contributed by atoms with van der Waals surface area (Å²) >= 11 is 4.80.